The molecule has 0 saturated carbocycles. The molecule has 0 spiro atoms. The third-order valence-electron chi connectivity index (χ3n) is 3.78. The smallest absolute Gasteiger partial charge is 0.339 e. The molecule has 2 rings (SSSR count). The lowest BCUT2D eigenvalue weighted by Gasteiger charge is -2.32. The number of rotatable bonds is 2. The molecular formula is C14H19ClF3N3O. The largest absolute Gasteiger partial charge is 0.433 e. The molecule has 22 heavy (non-hydrogen) atoms. The Balaban J connectivity index is 0.00000242. The Hall–Kier alpha value is -1.34. The molecule has 8 heteroatoms. The van der Waals surface area contributed by atoms with Gasteiger partial charge in [-0.25, -0.2) is 4.98 Å². The Kier molecular flexibility index (Phi) is 6.19. The molecule has 1 aromatic rings. The lowest BCUT2D eigenvalue weighted by molar-refractivity contribution is -0.141. The summed E-state index contributed by atoms with van der Waals surface area (Å²) >= 11 is 0. The highest BCUT2D eigenvalue weighted by molar-refractivity contribution is 5.95. The van der Waals surface area contributed by atoms with Crippen molar-refractivity contribution in [2.75, 3.05) is 20.1 Å². The summed E-state index contributed by atoms with van der Waals surface area (Å²) in [5.41, 5.74) is -0.638. The number of nitrogens with one attached hydrogen (secondary N) is 1. The van der Waals surface area contributed by atoms with Crippen LogP contribution in [0.15, 0.2) is 12.1 Å². The van der Waals surface area contributed by atoms with E-state index in [1.807, 2.05) is 0 Å². The summed E-state index contributed by atoms with van der Waals surface area (Å²) in [6, 6.07) is 2.18. The summed E-state index contributed by atoms with van der Waals surface area (Å²) in [4.78, 5) is 17.5. The standard InChI is InChI=1S/C14H18F3N3O.ClH/c1-9-11(3-4-12(19-9)14(15,16)17)13(21)20(2)10-5-7-18-8-6-10;/h3-4,10,18H,5-8H2,1-2H3;1H. The molecule has 1 fully saturated rings. The second kappa shape index (κ2) is 7.28. The van der Waals surface area contributed by atoms with Crippen molar-refractivity contribution in [1.29, 1.82) is 0 Å². The van der Waals surface area contributed by atoms with Crippen LogP contribution in [-0.4, -0.2) is 42.0 Å². The predicted molar refractivity (Wildman–Crippen MR) is 79.2 cm³/mol. The highest BCUT2D eigenvalue weighted by atomic mass is 35.5. The van der Waals surface area contributed by atoms with E-state index >= 15 is 0 Å². The van der Waals surface area contributed by atoms with Gasteiger partial charge in [-0.3, -0.25) is 4.79 Å². The minimum Gasteiger partial charge on any atom is -0.339 e. The second-order valence-electron chi connectivity index (χ2n) is 5.22. The van der Waals surface area contributed by atoms with E-state index in [0.29, 0.717) is 0 Å². The summed E-state index contributed by atoms with van der Waals surface area (Å²) in [6.45, 7) is 3.11. The first kappa shape index (κ1) is 18.7. The third kappa shape index (κ3) is 4.10. The van der Waals surface area contributed by atoms with E-state index in [-0.39, 0.29) is 35.6 Å². The lowest BCUT2D eigenvalue weighted by atomic mass is 10.0. The van der Waals surface area contributed by atoms with Crippen LogP contribution in [0.1, 0.15) is 34.6 Å². The van der Waals surface area contributed by atoms with E-state index < -0.39 is 11.9 Å². The van der Waals surface area contributed by atoms with Crippen molar-refractivity contribution >= 4 is 18.3 Å². The number of hydrogen-bond acceptors (Lipinski definition) is 3. The molecule has 1 N–H and O–H groups in total. The topological polar surface area (TPSA) is 45.2 Å². The fourth-order valence-electron chi connectivity index (χ4n) is 2.49. The lowest BCUT2D eigenvalue weighted by Crippen LogP contribution is -2.44. The van der Waals surface area contributed by atoms with Crippen LogP contribution in [-0.2, 0) is 6.18 Å². The summed E-state index contributed by atoms with van der Waals surface area (Å²) in [5.74, 6) is -0.277. The van der Waals surface area contributed by atoms with Gasteiger partial charge in [0.1, 0.15) is 5.69 Å². The SMILES string of the molecule is Cc1nc(C(F)(F)F)ccc1C(=O)N(C)C1CCNCC1.Cl. The summed E-state index contributed by atoms with van der Waals surface area (Å²) in [5, 5.41) is 3.21. The van der Waals surface area contributed by atoms with Gasteiger partial charge in [-0.15, -0.1) is 12.4 Å². The summed E-state index contributed by atoms with van der Waals surface area (Å²) < 4.78 is 37.8. The van der Waals surface area contributed by atoms with Crippen LogP contribution in [0.25, 0.3) is 0 Å². The highest BCUT2D eigenvalue weighted by Crippen LogP contribution is 2.28. The molecule has 1 aliphatic heterocycles. The summed E-state index contributed by atoms with van der Waals surface area (Å²) in [6.07, 6.45) is -2.81. The average molecular weight is 338 g/mol. The Morgan fingerprint density at radius 3 is 2.41 bits per heavy atom. The van der Waals surface area contributed by atoms with Gasteiger partial charge >= 0.3 is 6.18 Å². The van der Waals surface area contributed by atoms with Gasteiger partial charge in [0.05, 0.1) is 11.3 Å². The van der Waals surface area contributed by atoms with Crippen molar-refractivity contribution in [3.8, 4) is 0 Å². The Morgan fingerprint density at radius 1 is 1.32 bits per heavy atom. The van der Waals surface area contributed by atoms with Gasteiger partial charge in [0.25, 0.3) is 5.91 Å². The van der Waals surface area contributed by atoms with Gasteiger partial charge < -0.3 is 10.2 Å². The fourth-order valence-corrected chi connectivity index (χ4v) is 2.49. The van der Waals surface area contributed by atoms with Gasteiger partial charge in [0.15, 0.2) is 0 Å². The van der Waals surface area contributed by atoms with E-state index in [9.17, 15) is 18.0 Å². The minimum atomic E-state index is -4.49. The van der Waals surface area contributed by atoms with Crippen LogP contribution >= 0.6 is 12.4 Å². The van der Waals surface area contributed by atoms with Crippen molar-refractivity contribution in [2.24, 2.45) is 0 Å². The van der Waals surface area contributed by atoms with Crippen molar-refractivity contribution < 1.29 is 18.0 Å². The third-order valence-corrected chi connectivity index (χ3v) is 3.78. The number of alkyl halides is 3. The molecule has 0 aliphatic carbocycles. The molecule has 2 heterocycles. The maximum Gasteiger partial charge on any atom is 0.433 e. The molecule has 0 aromatic carbocycles. The first-order chi connectivity index (χ1) is 9.80. The first-order valence-corrected chi connectivity index (χ1v) is 6.83. The van der Waals surface area contributed by atoms with Gasteiger partial charge in [-0.2, -0.15) is 13.2 Å². The number of carbonyl (C=O) groups is 1. The first-order valence-electron chi connectivity index (χ1n) is 6.83. The number of amides is 1. The zero-order chi connectivity index (χ0) is 15.6. The molecule has 0 atom stereocenters. The van der Waals surface area contributed by atoms with Crippen LogP contribution < -0.4 is 5.32 Å². The van der Waals surface area contributed by atoms with Crippen molar-refractivity contribution in [3.63, 3.8) is 0 Å². The fraction of sp³-hybridized carbons (Fsp3) is 0.571. The van der Waals surface area contributed by atoms with Crippen molar-refractivity contribution in [3.05, 3.63) is 29.1 Å². The molecule has 0 unspecified atom stereocenters. The molecule has 124 valence electrons. The Morgan fingerprint density at radius 2 is 1.91 bits per heavy atom. The number of nitrogens with zero attached hydrogens (tertiary/aromatic N) is 2. The number of piperidine rings is 1. The van der Waals surface area contributed by atoms with Gasteiger partial charge in [-0.1, -0.05) is 0 Å². The van der Waals surface area contributed by atoms with E-state index in [2.05, 4.69) is 10.3 Å². The normalized spacial score (nSPS) is 16.0. The number of pyridine rings is 1. The highest BCUT2D eigenvalue weighted by Gasteiger charge is 2.33. The number of aromatic nitrogens is 1. The predicted octanol–water partition coefficient (Wildman–Crippen LogP) is 2.65. The molecular weight excluding hydrogens is 319 g/mol. The zero-order valence-corrected chi connectivity index (χ0v) is 13.2. The van der Waals surface area contributed by atoms with Crippen LogP contribution in [0, 0.1) is 6.92 Å². The average Bonchev–Trinajstić information content (AvgIpc) is 2.45. The minimum absolute atomic E-state index is 0. The quantitative estimate of drug-likeness (QED) is 0.902. The Labute approximate surface area is 133 Å². The maximum atomic E-state index is 12.6. The number of halogens is 4. The van der Waals surface area contributed by atoms with Gasteiger partial charge in [-0.05, 0) is 45.0 Å². The van der Waals surface area contributed by atoms with E-state index in [1.165, 1.54) is 13.0 Å². The van der Waals surface area contributed by atoms with Crippen LogP contribution in [0.3, 0.4) is 0 Å². The van der Waals surface area contributed by atoms with E-state index in [1.54, 1.807) is 11.9 Å². The molecule has 4 nitrogen and oxygen atoms in total. The zero-order valence-electron chi connectivity index (χ0n) is 12.4. The van der Waals surface area contributed by atoms with Crippen molar-refractivity contribution in [1.82, 2.24) is 15.2 Å². The second-order valence-corrected chi connectivity index (χ2v) is 5.22. The van der Waals surface area contributed by atoms with Gasteiger partial charge in [0, 0.05) is 13.1 Å². The van der Waals surface area contributed by atoms with Crippen LogP contribution in [0.5, 0.6) is 0 Å². The number of aryl methyl sites for hydroxylation is 1. The van der Waals surface area contributed by atoms with E-state index in [0.717, 1.165) is 32.0 Å². The molecule has 1 amide bonds. The molecule has 0 bridgehead atoms. The maximum absolute atomic E-state index is 12.6. The Bertz CT molecular complexity index is 531. The molecule has 1 aromatic heterocycles. The monoisotopic (exact) mass is 337 g/mol. The van der Waals surface area contributed by atoms with E-state index in [4.69, 9.17) is 0 Å². The molecule has 1 aliphatic rings. The van der Waals surface area contributed by atoms with Crippen molar-refractivity contribution in [2.45, 2.75) is 32.0 Å². The number of hydrogen-bond donors (Lipinski definition) is 1. The summed E-state index contributed by atoms with van der Waals surface area (Å²) in [7, 11) is 1.69. The van der Waals surface area contributed by atoms with Gasteiger partial charge in [0.2, 0.25) is 0 Å². The molecule has 0 radical (unpaired) electrons. The number of carbonyl (C=O) groups excluding carboxylic acids is 1. The molecule has 1 saturated heterocycles. The van der Waals surface area contributed by atoms with Crippen LogP contribution in [0.4, 0.5) is 13.2 Å². The van der Waals surface area contributed by atoms with Crippen LogP contribution in [0.2, 0.25) is 0 Å².